The van der Waals surface area contributed by atoms with Gasteiger partial charge in [0.2, 0.25) is 0 Å². The van der Waals surface area contributed by atoms with Gasteiger partial charge in [0.05, 0.1) is 12.3 Å². The highest BCUT2D eigenvalue weighted by Gasteiger charge is 2.28. The maximum absolute atomic E-state index is 5.34. The molecule has 1 unspecified atom stereocenters. The minimum Gasteiger partial charge on any atom is -0.377 e. The van der Waals surface area contributed by atoms with Gasteiger partial charge in [0, 0.05) is 13.2 Å². The van der Waals surface area contributed by atoms with Crippen molar-refractivity contribution in [2.24, 2.45) is 0 Å². The molecule has 0 saturated carbocycles. The highest BCUT2D eigenvalue weighted by atomic mass is 28.2. The molecule has 3 nitrogen and oxygen atoms in total. The molecule has 1 aliphatic rings. The molecule has 0 aromatic rings. The van der Waals surface area contributed by atoms with Gasteiger partial charge in [-0.3, -0.25) is 0 Å². The van der Waals surface area contributed by atoms with Crippen LogP contribution in [0.5, 0.6) is 0 Å². The minimum absolute atomic E-state index is 0.0301. The molecule has 0 N–H and O–H groups in total. The van der Waals surface area contributed by atoms with Gasteiger partial charge in [0.15, 0.2) is 9.52 Å². The molecule has 0 amide bonds. The molecule has 1 rings (SSSR count). The van der Waals surface area contributed by atoms with Crippen LogP contribution in [0, 0.1) is 0 Å². The van der Waals surface area contributed by atoms with Crippen LogP contribution >= 0.6 is 0 Å². The van der Waals surface area contributed by atoms with Crippen molar-refractivity contribution in [1.29, 1.82) is 0 Å². The van der Waals surface area contributed by atoms with E-state index in [1.165, 1.54) is 0 Å². The van der Waals surface area contributed by atoms with Crippen molar-refractivity contribution in [2.45, 2.75) is 25.5 Å². The Kier molecular flexibility index (Phi) is 4.07. The fourth-order valence-electron chi connectivity index (χ4n) is 0.743. The Hall–Kier alpha value is 0.0969. The Morgan fingerprint density at radius 3 is 2.36 bits per heavy atom. The summed E-state index contributed by atoms with van der Waals surface area (Å²) in [6.45, 7) is 6.26. The summed E-state index contributed by atoms with van der Waals surface area (Å²) in [6, 6.07) is 0. The molecule has 4 heteroatoms. The maximum atomic E-state index is 5.34. The van der Waals surface area contributed by atoms with Crippen LogP contribution in [0.25, 0.3) is 0 Å². The summed E-state index contributed by atoms with van der Waals surface area (Å²) in [7, 11) is 0.638. The summed E-state index contributed by atoms with van der Waals surface area (Å²) in [4.78, 5) is 0. The van der Waals surface area contributed by atoms with E-state index >= 15 is 0 Å². The van der Waals surface area contributed by atoms with Crippen LogP contribution in [0.3, 0.4) is 0 Å². The average Bonchev–Trinajstić information content (AvgIpc) is 2.73. The van der Waals surface area contributed by atoms with E-state index in [0.717, 1.165) is 6.61 Å². The van der Waals surface area contributed by atoms with E-state index in [9.17, 15) is 0 Å². The van der Waals surface area contributed by atoms with Gasteiger partial charge in [-0.05, 0) is 13.8 Å². The van der Waals surface area contributed by atoms with Crippen LogP contribution in [0.15, 0.2) is 0 Å². The fourth-order valence-corrected chi connectivity index (χ4v) is 1.86. The molecule has 1 atom stereocenters. The van der Waals surface area contributed by atoms with Gasteiger partial charge < -0.3 is 14.2 Å². The molecule has 2 radical (unpaired) electrons. The smallest absolute Gasteiger partial charge is 0.157 e. The third kappa shape index (κ3) is 3.86. The standard InChI is InChI=1S/C7H14O3Si/c1-3-8-7(9-4-2)11-6-5-10-6/h6-7H,3-5H2,1-2H3. The fraction of sp³-hybridized carbons (Fsp3) is 1.00. The second-order valence-corrected chi connectivity index (χ2v) is 3.68. The molecular weight excluding hydrogens is 160 g/mol. The molecule has 1 heterocycles. The first-order valence-corrected chi connectivity index (χ1v) is 5.13. The second kappa shape index (κ2) is 4.87. The number of epoxide rings is 1. The molecule has 1 aliphatic heterocycles. The molecule has 1 fully saturated rings. The largest absolute Gasteiger partial charge is 0.377 e. The van der Waals surface area contributed by atoms with Gasteiger partial charge >= 0.3 is 0 Å². The monoisotopic (exact) mass is 174 g/mol. The predicted molar refractivity (Wildman–Crippen MR) is 42.5 cm³/mol. The molecule has 0 aliphatic carbocycles. The topological polar surface area (TPSA) is 31.0 Å². The minimum atomic E-state index is -0.0301. The Morgan fingerprint density at radius 2 is 2.00 bits per heavy atom. The van der Waals surface area contributed by atoms with Crippen LogP contribution in [0.1, 0.15) is 13.8 Å². The van der Waals surface area contributed by atoms with Crippen molar-refractivity contribution < 1.29 is 14.2 Å². The van der Waals surface area contributed by atoms with Crippen molar-refractivity contribution in [1.82, 2.24) is 0 Å². The molecule has 0 bridgehead atoms. The maximum Gasteiger partial charge on any atom is 0.157 e. The average molecular weight is 174 g/mol. The lowest BCUT2D eigenvalue weighted by Crippen LogP contribution is -2.28. The summed E-state index contributed by atoms with van der Waals surface area (Å²) in [5.74, 6) is -0.0301. The molecule has 0 spiro atoms. The van der Waals surface area contributed by atoms with Gasteiger partial charge in [-0.25, -0.2) is 0 Å². The Morgan fingerprint density at radius 1 is 1.45 bits per heavy atom. The molecule has 0 aromatic heterocycles. The lowest BCUT2D eigenvalue weighted by atomic mass is 10.8. The highest BCUT2D eigenvalue weighted by molar-refractivity contribution is 6.39. The molecule has 0 aromatic carbocycles. The van der Waals surface area contributed by atoms with Crippen molar-refractivity contribution in [3.05, 3.63) is 0 Å². The zero-order valence-electron chi connectivity index (χ0n) is 7.00. The van der Waals surface area contributed by atoms with Crippen LogP contribution < -0.4 is 0 Å². The lowest BCUT2D eigenvalue weighted by Gasteiger charge is -2.14. The highest BCUT2D eigenvalue weighted by Crippen LogP contribution is 2.09. The number of ether oxygens (including phenoxy) is 3. The molecule has 64 valence electrons. The summed E-state index contributed by atoms with van der Waals surface area (Å²) < 4.78 is 15.8. The Balaban J connectivity index is 2.08. The normalized spacial score (nSPS) is 22.6. The number of hydrogen-bond acceptors (Lipinski definition) is 3. The van der Waals surface area contributed by atoms with Crippen molar-refractivity contribution >= 4 is 9.52 Å². The van der Waals surface area contributed by atoms with Gasteiger partial charge in [-0.15, -0.1) is 0 Å². The predicted octanol–water partition coefficient (Wildman–Crippen LogP) is 0.403. The third-order valence-electron chi connectivity index (χ3n) is 1.29. The first kappa shape index (κ1) is 9.19. The first-order chi connectivity index (χ1) is 5.36. The van der Waals surface area contributed by atoms with Crippen molar-refractivity contribution in [3.63, 3.8) is 0 Å². The van der Waals surface area contributed by atoms with E-state index in [2.05, 4.69) is 0 Å². The summed E-state index contributed by atoms with van der Waals surface area (Å²) in [5.41, 5.74) is 0.415. The van der Waals surface area contributed by atoms with E-state index in [4.69, 9.17) is 14.2 Å². The quantitative estimate of drug-likeness (QED) is 0.332. The first-order valence-electron chi connectivity index (χ1n) is 3.97. The molecule has 11 heavy (non-hydrogen) atoms. The Bertz CT molecular complexity index is 99.9. The third-order valence-corrected chi connectivity index (χ3v) is 2.60. The van der Waals surface area contributed by atoms with Gasteiger partial charge in [-0.2, -0.15) is 0 Å². The van der Waals surface area contributed by atoms with Gasteiger partial charge in [0.25, 0.3) is 0 Å². The second-order valence-electron chi connectivity index (χ2n) is 2.23. The Labute approximate surface area is 69.8 Å². The zero-order valence-corrected chi connectivity index (χ0v) is 8.00. The van der Waals surface area contributed by atoms with E-state index in [1.54, 1.807) is 0 Å². The van der Waals surface area contributed by atoms with Crippen molar-refractivity contribution in [2.75, 3.05) is 19.8 Å². The number of hydrogen-bond donors (Lipinski definition) is 0. The van der Waals surface area contributed by atoms with Crippen LogP contribution in [-0.2, 0) is 14.2 Å². The van der Waals surface area contributed by atoms with E-state index < -0.39 is 0 Å². The van der Waals surface area contributed by atoms with Crippen LogP contribution in [0.4, 0.5) is 0 Å². The summed E-state index contributed by atoms with van der Waals surface area (Å²) >= 11 is 0. The lowest BCUT2D eigenvalue weighted by molar-refractivity contribution is -0.0833. The number of rotatable bonds is 6. The SMILES string of the molecule is CCOC(OCC)[Si]C1CO1. The van der Waals surface area contributed by atoms with Gasteiger partial charge in [-0.1, -0.05) is 0 Å². The van der Waals surface area contributed by atoms with Crippen LogP contribution in [0.2, 0.25) is 0 Å². The van der Waals surface area contributed by atoms with E-state index in [0.29, 0.717) is 28.5 Å². The summed E-state index contributed by atoms with van der Waals surface area (Å²) in [5, 5.41) is 0. The summed E-state index contributed by atoms with van der Waals surface area (Å²) in [6.07, 6.45) is 0. The molecule has 1 saturated heterocycles. The van der Waals surface area contributed by atoms with Gasteiger partial charge in [0.1, 0.15) is 5.91 Å². The van der Waals surface area contributed by atoms with E-state index in [-0.39, 0.29) is 5.91 Å². The van der Waals surface area contributed by atoms with Crippen LogP contribution in [-0.4, -0.2) is 41.0 Å². The molecular formula is C7H14O3Si. The van der Waals surface area contributed by atoms with E-state index in [1.807, 2.05) is 13.8 Å². The zero-order chi connectivity index (χ0) is 8.10. The van der Waals surface area contributed by atoms with Crippen molar-refractivity contribution in [3.8, 4) is 0 Å².